The van der Waals surface area contributed by atoms with Crippen LogP contribution in [0.5, 0.6) is 0 Å². The minimum absolute atomic E-state index is 0.271. The molecule has 4 N–H and O–H groups in total. The molecule has 0 aliphatic carbocycles. The molecule has 4 heteroatoms. The molecule has 2 nitrogen and oxygen atoms in total. The first kappa shape index (κ1) is 11.6. The number of hydrogen-bond acceptors (Lipinski definition) is 2. The van der Waals surface area contributed by atoms with Gasteiger partial charge in [0.2, 0.25) is 0 Å². The van der Waals surface area contributed by atoms with Crippen LogP contribution >= 0.6 is 0 Å². The minimum atomic E-state index is 0.271. The molecular formula is C12H12As2N2. The average Bonchev–Trinajstić information content (AvgIpc) is 2.30. The van der Waals surface area contributed by atoms with Crippen LogP contribution in [-0.4, -0.2) is 26.3 Å². The normalized spacial score (nSPS) is 10.8. The van der Waals surface area contributed by atoms with Crippen LogP contribution in [0.3, 0.4) is 0 Å². The summed E-state index contributed by atoms with van der Waals surface area (Å²) in [6, 6.07) is 16.5. The average molecular weight is 334 g/mol. The molecule has 0 heterocycles. The van der Waals surface area contributed by atoms with Crippen LogP contribution in [0.4, 0.5) is 11.4 Å². The fraction of sp³-hybridized carbons (Fsp3) is 0. The second-order valence-electron chi connectivity index (χ2n) is 3.38. The molecule has 0 saturated carbocycles. The van der Waals surface area contributed by atoms with Crippen molar-refractivity contribution in [1.82, 2.24) is 0 Å². The maximum absolute atomic E-state index is 5.65. The second kappa shape index (κ2) is 5.47. The van der Waals surface area contributed by atoms with Gasteiger partial charge in [-0.05, 0) is 0 Å². The Hall–Kier alpha value is -0.843. The summed E-state index contributed by atoms with van der Waals surface area (Å²) in [7, 11) is 0. The van der Waals surface area contributed by atoms with Crippen LogP contribution in [0.25, 0.3) is 0 Å². The number of nitrogens with two attached hydrogens (primary N) is 2. The predicted molar refractivity (Wildman–Crippen MR) is 72.5 cm³/mol. The molecule has 2 aromatic carbocycles. The number of hydrogen-bond donors (Lipinski definition) is 2. The summed E-state index contributed by atoms with van der Waals surface area (Å²) < 4.78 is 2.89. The van der Waals surface area contributed by atoms with Crippen molar-refractivity contribution in [3.8, 4) is 0 Å². The quantitative estimate of drug-likeness (QED) is 0.606. The Bertz CT molecular complexity index is 442. The van der Waals surface area contributed by atoms with E-state index < -0.39 is 0 Å². The zero-order chi connectivity index (χ0) is 11.4. The Balaban J connectivity index is 2.15. The Morgan fingerprint density at radius 1 is 0.562 bits per heavy atom. The predicted octanol–water partition coefficient (Wildman–Crippen LogP) is 0.125. The molecule has 0 aliphatic heterocycles. The molecule has 0 aliphatic rings. The number of rotatable bonds is 2. The molecule has 16 heavy (non-hydrogen) atoms. The summed E-state index contributed by atoms with van der Waals surface area (Å²) in [4.78, 5) is 0. The van der Waals surface area contributed by atoms with Crippen molar-refractivity contribution in [2.75, 3.05) is 11.5 Å². The van der Waals surface area contributed by atoms with Crippen LogP contribution in [0.15, 0.2) is 48.5 Å². The summed E-state index contributed by atoms with van der Waals surface area (Å²) in [5.41, 5.74) is 13.0. The zero-order valence-corrected chi connectivity index (χ0v) is 12.4. The Morgan fingerprint density at radius 3 is 1.19 bits per heavy atom. The van der Waals surface area contributed by atoms with Gasteiger partial charge in [-0.2, -0.15) is 0 Å². The standard InChI is InChI=1S/C12H12As2N2/c15-11-5-1-9(2-6-11)13-14-10-3-7-12(16)8-4-10/h1-8H,15-16H2. The summed E-state index contributed by atoms with van der Waals surface area (Å²) in [6.07, 6.45) is 0. The summed E-state index contributed by atoms with van der Waals surface area (Å²) in [6.45, 7) is 0. The topological polar surface area (TPSA) is 52.0 Å². The van der Waals surface area contributed by atoms with Crippen LogP contribution in [0.2, 0.25) is 0 Å². The van der Waals surface area contributed by atoms with E-state index in [1.165, 1.54) is 8.70 Å². The van der Waals surface area contributed by atoms with Gasteiger partial charge in [0.1, 0.15) is 0 Å². The molecule has 0 fully saturated rings. The van der Waals surface area contributed by atoms with Gasteiger partial charge in [0.05, 0.1) is 0 Å². The molecule has 0 bridgehead atoms. The molecule has 0 atom stereocenters. The summed E-state index contributed by atoms with van der Waals surface area (Å²) >= 11 is 0.542. The van der Waals surface area contributed by atoms with Crippen LogP contribution in [0, 0.1) is 0 Å². The first-order chi connectivity index (χ1) is 7.74. The fourth-order valence-electron chi connectivity index (χ4n) is 1.20. The van der Waals surface area contributed by atoms with E-state index >= 15 is 0 Å². The van der Waals surface area contributed by atoms with Gasteiger partial charge in [-0.1, -0.05) is 0 Å². The molecule has 0 unspecified atom stereocenters. The van der Waals surface area contributed by atoms with E-state index in [2.05, 4.69) is 24.3 Å². The SMILES string of the molecule is Nc1ccc([As]=[As]c2ccc(N)cc2)cc1. The monoisotopic (exact) mass is 334 g/mol. The van der Waals surface area contributed by atoms with Crippen molar-refractivity contribution in [3.05, 3.63) is 48.5 Å². The second-order valence-corrected chi connectivity index (χ2v) is 10.7. The number of nitrogen functional groups attached to an aromatic ring is 2. The van der Waals surface area contributed by atoms with Gasteiger partial charge in [0.25, 0.3) is 0 Å². The first-order valence-electron chi connectivity index (χ1n) is 4.87. The van der Waals surface area contributed by atoms with Crippen molar-refractivity contribution < 1.29 is 0 Å². The van der Waals surface area contributed by atoms with Gasteiger partial charge in [-0.25, -0.2) is 0 Å². The van der Waals surface area contributed by atoms with E-state index in [1.807, 2.05) is 24.3 Å². The van der Waals surface area contributed by atoms with E-state index in [9.17, 15) is 0 Å². The van der Waals surface area contributed by atoms with Gasteiger partial charge in [-0.3, -0.25) is 0 Å². The van der Waals surface area contributed by atoms with Crippen LogP contribution in [0.1, 0.15) is 0 Å². The van der Waals surface area contributed by atoms with Crippen LogP contribution in [-0.2, 0) is 0 Å². The number of anilines is 2. The molecule has 0 saturated heterocycles. The van der Waals surface area contributed by atoms with Crippen molar-refractivity contribution in [3.63, 3.8) is 0 Å². The van der Waals surface area contributed by atoms with Crippen molar-refractivity contribution in [1.29, 1.82) is 0 Å². The van der Waals surface area contributed by atoms with E-state index in [0.29, 0.717) is 0 Å². The Kier molecular flexibility index (Phi) is 3.98. The zero-order valence-electron chi connectivity index (χ0n) is 8.67. The van der Waals surface area contributed by atoms with Gasteiger partial charge >= 0.3 is 106 Å². The molecule has 0 amide bonds. The van der Waals surface area contributed by atoms with E-state index in [-0.39, 0.29) is 26.3 Å². The summed E-state index contributed by atoms with van der Waals surface area (Å²) in [5.74, 6) is 0. The van der Waals surface area contributed by atoms with E-state index in [1.54, 1.807) is 0 Å². The molecule has 0 spiro atoms. The maximum atomic E-state index is 5.65. The van der Waals surface area contributed by atoms with Crippen molar-refractivity contribution in [2.45, 2.75) is 0 Å². The first-order valence-corrected chi connectivity index (χ1v) is 11.9. The molecule has 80 valence electrons. The van der Waals surface area contributed by atoms with E-state index in [0.717, 1.165) is 11.4 Å². The van der Waals surface area contributed by atoms with Crippen molar-refractivity contribution >= 4 is 46.4 Å². The molecule has 0 aromatic heterocycles. The van der Waals surface area contributed by atoms with Crippen LogP contribution < -0.4 is 20.2 Å². The third kappa shape index (κ3) is 3.33. The Morgan fingerprint density at radius 2 is 0.875 bits per heavy atom. The molecule has 2 aromatic rings. The van der Waals surface area contributed by atoms with Gasteiger partial charge < -0.3 is 0 Å². The van der Waals surface area contributed by atoms with Crippen molar-refractivity contribution in [2.24, 2.45) is 0 Å². The third-order valence-electron chi connectivity index (χ3n) is 2.07. The Labute approximate surface area is 106 Å². The summed E-state index contributed by atoms with van der Waals surface area (Å²) in [5, 5.41) is 0. The fourth-order valence-corrected chi connectivity index (χ4v) is 8.29. The molecule has 0 radical (unpaired) electrons. The van der Waals surface area contributed by atoms with Gasteiger partial charge in [0, 0.05) is 0 Å². The van der Waals surface area contributed by atoms with Gasteiger partial charge in [-0.15, -0.1) is 0 Å². The van der Waals surface area contributed by atoms with E-state index in [4.69, 9.17) is 11.5 Å². The molecule has 2 rings (SSSR count). The number of benzene rings is 2. The third-order valence-corrected chi connectivity index (χ3v) is 10.6. The van der Waals surface area contributed by atoms with Gasteiger partial charge in [0.15, 0.2) is 0 Å². The molecular weight excluding hydrogens is 322 g/mol.